The van der Waals surface area contributed by atoms with Crippen LogP contribution in [0.2, 0.25) is 0 Å². The van der Waals surface area contributed by atoms with Crippen molar-refractivity contribution in [2.45, 2.75) is 33.2 Å². The molecule has 1 aromatic rings. The summed E-state index contributed by atoms with van der Waals surface area (Å²) in [7, 11) is 0. The molecule has 0 radical (unpaired) electrons. The largest absolute Gasteiger partial charge is 0.353 e. The molecule has 0 aliphatic heterocycles. The molecule has 0 fully saturated rings. The Labute approximate surface area is 95.9 Å². The fourth-order valence-electron chi connectivity index (χ4n) is 1.30. The molecule has 0 bridgehead atoms. The normalized spacial score (nSPS) is 12.6. The van der Waals surface area contributed by atoms with E-state index in [1.54, 1.807) is 12.1 Å². The van der Waals surface area contributed by atoms with Crippen LogP contribution in [0.4, 0.5) is 4.39 Å². The van der Waals surface area contributed by atoms with Crippen LogP contribution in [-0.4, -0.2) is 11.9 Å². The van der Waals surface area contributed by atoms with E-state index in [9.17, 15) is 9.18 Å². The molecule has 0 aliphatic carbocycles. The molecule has 16 heavy (non-hydrogen) atoms. The third-order valence-corrected chi connectivity index (χ3v) is 2.64. The summed E-state index contributed by atoms with van der Waals surface area (Å²) in [5.41, 5.74) is 0.702. The second-order valence-electron chi connectivity index (χ2n) is 4.41. The van der Waals surface area contributed by atoms with E-state index in [4.69, 9.17) is 0 Å². The number of nitrogens with one attached hydrogen (secondary N) is 1. The molecule has 0 spiro atoms. The van der Waals surface area contributed by atoms with E-state index in [-0.39, 0.29) is 24.2 Å². The van der Waals surface area contributed by atoms with Gasteiger partial charge in [0.25, 0.3) is 0 Å². The van der Waals surface area contributed by atoms with E-state index in [0.29, 0.717) is 11.5 Å². The summed E-state index contributed by atoms with van der Waals surface area (Å²) < 4.78 is 12.9. The minimum absolute atomic E-state index is 0.0631. The third-order valence-electron chi connectivity index (χ3n) is 2.64. The van der Waals surface area contributed by atoms with Gasteiger partial charge in [0.1, 0.15) is 5.82 Å². The molecule has 1 amide bonds. The predicted molar refractivity (Wildman–Crippen MR) is 62.5 cm³/mol. The van der Waals surface area contributed by atoms with Gasteiger partial charge in [0, 0.05) is 6.04 Å². The second-order valence-corrected chi connectivity index (χ2v) is 4.41. The molecule has 1 rings (SSSR count). The molecule has 0 aromatic heterocycles. The fourth-order valence-corrected chi connectivity index (χ4v) is 1.30. The molecule has 2 nitrogen and oxygen atoms in total. The second kappa shape index (κ2) is 5.64. The van der Waals surface area contributed by atoms with Crippen molar-refractivity contribution in [3.63, 3.8) is 0 Å². The van der Waals surface area contributed by atoms with E-state index in [0.717, 1.165) is 0 Å². The predicted octanol–water partition coefficient (Wildman–Crippen LogP) is 2.53. The number of rotatable bonds is 4. The van der Waals surface area contributed by atoms with Crippen LogP contribution < -0.4 is 5.32 Å². The van der Waals surface area contributed by atoms with Gasteiger partial charge in [-0.05, 0) is 30.5 Å². The van der Waals surface area contributed by atoms with Crippen LogP contribution in [0, 0.1) is 11.7 Å². The third kappa shape index (κ3) is 4.01. The van der Waals surface area contributed by atoms with Gasteiger partial charge in [-0.1, -0.05) is 26.0 Å². The lowest BCUT2D eigenvalue weighted by Gasteiger charge is -2.17. The van der Waals surface area contributed by atoms with Crippen LogP contribution in [-0.2, 0) is 11.2 Å². The lowest BCUT2D eigenvalue weighted by Crippen LogP contribution is -2.37. The zero-order valence-electron chi connectivity index (χ0n) is 9.96. The van der Waals surface area contributed by atoms with Crippen molar-refractivity contribution < 1.29 is 9.18 Å². The minimum Gasteiger partial charge on any atom is -0.353 e. The van der Waals surface area contributed by atoms with E-state index in [1.165, 1.54) is 12.1 Å². The summed E-state index contributed by atoms with van der Waals surface area (Å²) in [5, 5.41) is 2.89. The average molecular weight is 223 g/mol. The summed E-state index contributed by atoms with van der Waals surface area (Å²) >= 11 is 0. The highest BCUT2D eigenvalue weighted by Crippen LogP contribution is 2.05. The number of amides is 1. The Bertz CT molecular complexity index is 363. The van der Waals surface area contributed by atoms with Crippen molar-refractivity contribution in [2.75, 3.05) is 0 Å². The van der Waals surface area contributed by atoms with E-state index in [2.05, 4.69) is 5.32 Å². The quantitative estimate of drug-likeness (QED) is 0.835. The van der Waals surface area contributed by atoms with Crippen molar-refractivity contribution >= 4 is 5.91 Å². The standard InChI is InChI=1S/C13H18FNO/c1-9(2)10(3)15-13(16)8-11-5-4-6-12(14)7-11/h4-7,9-10H,8H2,1-3H3,(H,15,16). The van der Waals surface area contributed by atoms with Gasteiger partial charge in [-0.3, -0.25) is 4.79 Å². The molecule has 0 heterocycles. The SMILES string of the molecule is CC(C)C(C)NC(=O)Cc1cccc(F)c1. The smallest absolute Gasteiger partial charge is 0.224 e. The van der Waals surface area contributed by atoms with Gasteiger partial charge in [-0.25, -0.2) is 4.39 Å². The van der Waals surface area contributed by atoms with E-state index >= 15 is 0 Å². The van der Waals surface area contributed by atoms with Crippen molar-refractivity contribution in [1.82, 2.24) is 5.32 Å². The number of carbonyl (C=O) groups excluding carboxylic acids is 1. The molecule has 1 atom stereocenters. The van der Waals surface area contributed by atoms with Gasteiger partial charge in [-0.15, -0.1) is 0 Å². The first kappa shape index (κ1) is 12.7. The van der Waals surface area contributed by atoms with Gasteiger partial charge in [0.15, 0.2) is 0 Å². The zero-order valence-corrected chi connectivity index (χ0v) is 9.96. The molecule has 3 heteroatoms. The monoisotopic (exact) mass is 223 g/mol. The molecule has 1 unspecified atom stereocenters. The summed E-state index contributed by atoms with van der Waals surface area (Å²) in [4.78, 5) is 11.6. The summed E-state index contributed by atoms with van der Waals surface area (Å²) in [6.07, 6.45) is 0.231. The van der Waals surface area contributed by atoms with Crippen LogP contribution in [0.15, 0.2) is 24.3 Å². The van der Waals surface area contributed by atoms with Crippen LogP contribution in [0.25, 0.3) is 0 Å². The maximum atomic E-state index is 12.9. The highest BCUT2D eigenvalue weighted by atomic mass is 19.1. The first-order valence-electron chi connectivity index (χ1n) is 5.53. The molecular formula is C13H18FNO. The van der Waals surface area contributed by atoms with Crippen molar-refractivity contribution in [1.29, 1.82) is 0 Å². The number of carbonyl (C=O) groups is 1. The van der Waals surface area contributed by atoms with Crippen LogP contribution in [0.5, 0.6) is 0 Å². The minimum atomic E-state index is -0.304. The Balaban J connectivity index is 2.52. The fraction of sp³-hybridized carbons (Fsp3) is 0.462. The Kier molecular flexibility index (Phi) is 4.47. The first-order chi connectivity index (χ1) is 7.49. The van der Waals surface area contributed by atoms with E-state index < -0.39 is 0 Å². The summed E-state index contributed by atoms with van der Waals surface area (Å²) in [5.74, 6) is 0.0328. The molecule has 0 aliphatic rings. The Morgan fingerprint density at radius 2 is 2.06 bits per heavy atom. The molecule has 0 saturated heterocycles. The van der Waals surface area contributed by atoms with Gasteiger partial charge in [-0.2, -0.15) is 0 Å². The van der Waals surface area contributed by atoms with Gasteiger partial charge < -0.3 is 5.32 Å². The van der Waals surface area contributed by atoms with Crippen molar-refractivity contribution in [2.24, 2.45) is 5.92 Å². The number of hydrogen-bond donors (Lipinski definition) is 1. The highest BCUT2D eigenvalue weighted by molar-refractivity contribution is 5.78. The van der Waals surface area contributed by atoms with E-state index in [1.807, 2.05) is 20.8 Å². The Morgan fingerprint density at radius 3 is 2.62 bits per heavy atom. The Hall–Kier alpha value is -1.38. The van der Waals surface area contributed by atoms with Gasteiger partial charge in [0.2, 0.25) is 5.91 Å². The molecular weight excluding hydrogens is 205 g/mol. The maximum Gasteiger partial charge on any atom is 0.224 e. The zero-order chi connectivity index (χ0) is 12.1. The molecule has 0 saturated carbocycles. The topological polar surface area (TPSA) is 29.1 Å². The maximum absolute atomic E-state index is 12.9. The lowest BCUT2D eigenvalue weighted by molar-refractivity contribution is -0.121. The lowest BCUT2D eigenvalue weighted by atomic mass is 10.1. The number of benzene rings is 1. The number of hydrogen-bond acceptors (Lipinski definition) is 1. The van der Waals surface area contributed by atoms with Gasteiger partial charge >= 0.3 is 0 Å². The van der Waals surface area contributed by atoms with Gasteiger partial charge in [0.05, 0.1) is 6.42 Å². The summed E-state index contributed by atoms with van der Waals surface area (Å²) in [6.45, 7) is 6.06. The average Bonchev–Trinajstić information content (AvgIpc) is 2.16. The van der Waals surface area contributed by atoms with Crippen LogP contribution >= 0.6 is 0 Å². The Morgan fingerprint density at radius 1 is 1.38 bits per heavy atom. The highest BCUT2D eigenvalue weighted by Gasteiger charge is 2.11. The van der Waals surface area contributed by atoms with Crippen molar-refractivity contribution in [3.8, 4) is 0 Å². The summed E-state index contributed by atoms with van der Waals surface area (Å²) in [6, 6.07) is 6.27. The molecule has 1 aromatic carbocycles. The van der Waals surface area contributed by atoms with Crippen LogP contribution in [0.1, 0.15) is 26.3 Å². The van der Waals surface area contributed by atoms with Crippen molar-refractivity contribution in [3.05, 3.63) is 35.6 Å². The van der Waals surface area contributed by atoms with Crippen LogP contribution in [0.3, 0.4) is 0 Å². The number of halogens is 1. The molecule has 1 N–H and O–H groups in total. The molecule has 88 valence electrons. The first-order valence-corrected chi connectivity index (χ1v) is 5.53.